The van der Waals surface area contributed by atoms with Crippen LogP contribution in [0.3, 0.4) is 0 Å². The molecule has 3 aromatic rings. The summed E-state index contributed by atoms with van der Waals surface area (Å²) in [4.78, 5) is 4.22. The lowest BCUT2D eigenvalue weighted by Gasteiger charge is -2.09. The molecule has 0 aliphatic heterocycles. The largest absolute Gasteiger partial charge is 0.301 e. The molecule has 3 rings (SSSR count). The van der Waals surface area contributed by atoms with Crippen LogP contribution < -0.4 is 0 Å². The molecule has 0 radical (unpaired) electrons. The third kappa shape index (κ3) is 3.67. The predicted octanol–water partition coefficient (Wildman–Crippen LogP) is 5.61. The van der Waals surface area contributed by atoms with Gasteiger partial charge in [0.2, 0.25) is 0 Å². The van der Waals surface area contributed by atoms with E-state index in [2.05, 4.69) is 29.2 Å². The van der Waals surface area contributed by atoms with Gasteiger partial charge >= 0.3 is 0 Å². The minimum absolute atomic E-state index is 0.551. The average molecular weight is 349 g/mol. The highest BCUT2D eigenvalue weighted by Gasteiger charge is 2.10. The molecule has 1 heterocycles. The zero-order chi connectivity index (χ0) is 15.4. The van der Waals surface area contributed by atoms with E-state index in [0.29, 0.717) is 5.15 Å². The van der Waals surface area contributed by atoms with Crippen molar-refractivity contribution in [3.63, 3.8) is 0 Å². The Bertz CT molecular complexity index is 739. The lowest BCUT2D eigenvalue weighted by atomic mass is 10.2. The zero-order valence-electron chi connectivity index (χ0n) is 11.7. The van der Waals surface area contributed by atoms with Crippen molar-refractivity contribution in [2.75, 3.05) is 0 Å². The predicted molar refractivity (Wildman–Crippen MR) is 95.0 cm³/mol. The van der Waals surface area contributed by atoms with E-state index in [1.807, 2.05) is 46.7 Å². The normalized spacial score (nSPS) is 10.8. The maximum absolute atomic E-state index is 6.24. The van der Waals surface area contributed by atoms with Gasteiger partial charge in [0, 0.05) is 22.2 Å². The summed E-state index contributed by atoms with van der Waals surface area (Å²) in [7, 11) is 0. The van der Waals surface area contributed by atoms with Gasteiger partial charge in [0.05, 0.1) is 5.69 Å². The SMILES string of the molecule is Clc1ccc(-n2cnc(Cl)c2CSCc2ccccc2)cc1. The van der Waals surface area contributed by atoms with Crippen LogP contribution in [0.1, 0.15) is 11.3 Å². The molecule has 112 valence electrons. The summed E-state index contributed by atoms with van der Waals surface area (Å²) in [5, 5.41) is 1.27. The third-order valence-electron chi connectivity index (χ3n) is 3.27. The van der Waals surface area contributed by atoms with Gasteiger partial charge in [-0.05, 0) is 29.8 Å². The number of benzene rings is 2. The Balaban J connectivity index is 1.74. The topological polar surface area (TPSA) is 17.8 Å². The molecule has 0 amide bonds. The molecule has 1 aromatic heterocycles. The molecule has 5 heteroatoms. The van der Waals surface area contributed by atoms with E-state index in [0.717, 1.165) is 27.9 Å². The average Bonchev–Trinajstić information content (AvgIpc) is 2.90. The monoisotopic (exact) mass is 348 g/mol. The van der Waals surface area contributed by atoms with E-state index in [4.69, 9.17) is 23.2 Å². The van der Waals surface area contributed by atoms with E-state index < -0.39 is 0 Å². The third-order valence-corrected chi connectivity index (χ3v) is 4.85. The summed E-state index contributed by atoms with van der Waals surface area (Å²) >= 11 is 14.0. The molecule has 0 aliphatic carbocycles. The first-order chi connectivity index (χ1) is 10.7. The van der Waals surface area contributed by atoms with Gasteiger partial charge in [0.15, 0.2) is 5.15 Å². The second-order valence-corrected chi connectivity index (χ2v) is 6.59. The first-order valence-corrected chi connectivity index (χ1v) is 8.74. The van der Waals surface area contributed by atoms with Crippen LogP contribution in [0, 0.1) is 0 Å². The van der Waals surface area contributed by atoms with Crippen molar-refractivity contribution in [1.29, 1.82) is 0 Å². The lowest BCUT2D eigenvalue weighted by molar-refractivity contribution is 0.994. The number of aromatic nitrogens is 2. The van der Waals surface area contributed by atoms with Crippen molar-refractivity contribution in [2.45, 2.75) is 11.5 Å². The Morgan fingerprint density at radius 2 is 1.64 bits per heavy atom. The Morgan fingerprint density at radius 3 is 2.36 bits per heavy atom. The van der Waals surface area contributed by atoms with Crippen LogP contribution in [0.2, 0.25) is 10.2 Å². The molecule has 2 aromatic carbocycles. The van der Waals surface area contributed by atoms with Crippen molar-refractivity contribution in [3.05, 3.63) is 82.4 Å². The molecule has 22 heavy (non-hydrogen) atoms. The molecule has 0 atom stereocenters. The van der Waals surface area contributed by atoms with Crippen LogP contribution in [0.5, 0.6) is 0 Å². The fraction of sp³-hybridized carbons (Fsp3) is 0.118. The van der Waals surface area contributed by atoms with Gasteiger partial charge in [-0.1, -0.05) is 53.5 Å². The highest BCUT2D eigenvalue weighted by atomic mass is 35.5. The Hall–Kier alpha value is -1.42. The fourth-order valence-corrected chi connectivity index (χ4v) is 3.55. The Morgan fingerprint density at radius 1 is 0.909 bits per heavy atom. The molecule has 0 N–H and O–H groups in total. The summed E-state index contributed by atoms with van der Waals surface area (Å²) in [6, 6.07) is 18.1. The maximum Gasteiger partial charge on any atom is 0.151 e. The summed E-state index contributed by atoms with van der Waals surface area (Å²) < 4.78 is 2.01. The summed E-state index contributed by atoms with van der Waals surface area (Å²) in [6.45, 7) is 0. The number of hydrogen-bond donors (Lipinski definition) is 0. The number of rotatable bonds is 5. The van der Waals surface area contributed by atoms with Crippen LogP contribution in [0.4, 0.5) is 0 Å². The van der Waals surface area contributed by atoms with Gasteiger partial charge in [-0.3, -0.25) is 0 Å². The lowest BCUT2D eigenvalue weighted by Crippen LogP contribution is -1.98. The van der Waals surface area contributed by atoms with Gasteiger partial charge in [-0.15, -0.1) is 0 Å². The molecule has 0 fully saturated rings. The van der Waals surface area contributed by atoms with Gasteiger partial charge in [0.1, 0.15) is 6.33 Å². The second-order valence-electron chi connectivity index (χ2n) is 4.81. The zero-order valence-corrected chi connectivity index (χ0v) is 14.1. The molecule has 0 aliphatic rings. The van der Waals surface area contributed by atoms with Gasteiger partial charge in [0.25, 0.3) is 0 Å². The standard InChI is InChI=1S/C17H14Cl2N2S/c18-14-6-8-15(9-7-14)21-12-20-17(19)16(21)11-22-10-13-4-2-1-3-5-13/h1-9,12H,10-11H2. The number of imidazole rings is 1. The van der Waals surface area contributed by atoms with Crippen LogP contribution in [0.25, 0.3) is 5.69 Å². The van der Waals surface area contributed by atoms with E-state index >= 15 is 0 Å². The van der Waals surface area contributed by atoms with Crippen molar-refractivity contribution in [3.8, 4) is 5.69 Å². The first kappa shape index (κ1) is 15.5. The van der Waals surface area contributed by atoms with Gasteiger partial charge in [-0.25, -0.2) is 4.98 Å². The van der Waals surface area contributed by atoms with E-state index in [-0.39, 0.29) is 0 Å². The molecular weight excluding hydrogens is 335 g/mol. The number of halogens is 2. The Kier molecular flexibility index (Phi) is 5.08. The Labute approximate surface area is 144 Å². The van der Waals surface area contributed by atoms with Gasteiger partial charge in [-0.2, -0.15) is 11.8 Å². The van der Waals surface area contributed by atoms with Crippen molar-refractivity contribution < 1.29 is 0 Å². The fourth-order valence-electron chi connectivity index (χ4n) is 2.15. The first-order valence-electron chi connectivity index (χ1n) is 6.83. The minimum atomic E-state index is 0.551. The molecule has 0 saturated carbocycles. The quantitative estimate of drug-likeness (QED) is 0.596. The van der Waals surface area contributed by atoms with Crippen molar-refractivity contribution in [2.24, 2.45) is 0 Å². The summed E-state index contributed by atoms with van der Waals surface area (Å²) in [5.41, 5.74) is 3.32. The molecule has 2 nitrogen and oxygen atoms in total. The molecule has 0 bridgehead atoms. The number of nitrogens with zero attached hydrogens (tertiary/aromatic N) is 2. The van der Waals surface area contributed by atoms with Crippen LogP contribution in [0.15, 0.2) is 60.9 Å². The van der Waals surface area contributed by atoms with E-state index in [1.165, 1.54) is 5.56 Å². The molecule has 0 spiro atoms. The molecule has 0 saturated heterocycles. The minimum Gasteiger partial charge on any atom is -0.301 e. The number of hydrogen-bond acceptors (Lipinski definition) is 2. The second kappa shape index (κ2) is 7.23. The number of thioether (sulfide) groups is 1. The van der Waals surface area contributed by atoms with Crippen molar-refractivity contribution in [1.82, 2.24) is 9.55 Å². The van der Waals surface area contributed by atoms with Crippen LogP contribution in [-0.2, 0) is 11.5 Å². The summed E-state index contributed by atoms with van der Waals surface area (Å²) in [6.07, 6.45) is 1.75. The highest BCUT2D eigenvalue weighted by Crippen LogP contribution is 2.26. The maximum atomic E-state index is 6.24. The van der Waals surface area contributed by atoms with Gasteiger partial charge < -0.3 is 4.57 Å². The molecular formula is C17H14Cl2N2S. The van der Waals surface area contributed by atoms with E-state index in [1.54, 1.807) is 6.33 Å². The van der Waals surface area contributed by atoms with Crippen molar-refractivity contribution >= 4 is 35.0 Å². The highest BCUT2D eigenvalue weighted by molar-refractivity contribution is 7.97. The molecule has 0 unspecified atom stereocenters. The summed E-state index contributed by atoms with van der Waals surface area (Å²) in [5.74, 6) is 1.75. The van der Waals surface area contributed by atoms with Crippen LogP contribution >= 0.6 is 35.0 Å². The van der Waals surface area contributed by atoms with Crippen LogP contribution in [-0.4, -0.2) is 9.55 Å². The smallest absolute Gasteiger partial charge is 0.151 e. The van der Waals surface area contributed by atoms with E-state index in [9.17, 15) is 0 Å².